The lowest BCUT2D eigenvalue weighted by Gasteiger charge is -2.13. The standard InChI is InChI=1S/C19H19BrN4O2/c1-13-22-23-14(2)24(13)21-11-16-9-17(20)19(18(10-16)25-3)26-12-15-7-5-4-6-8-15/h4-11H,12H2,1-3H3/b21-11-. The van der Waals surface area contributed by atoms with Crippen molar-refractivity contribution in [1.82, 2.24) is 14.9 Å². The molecule has 1 aromatic heterocycles. The SMILES string of the molecule is COc1cc(/C=N\n2c(C)nnc2C)cc(Br)c1OCc1ccccc1. The molecule has 0 aliphatic rings. The van der Waals surface area contributed by atoms with E-state index in [0.29, 0.717) is 18.1 Å². The number of benzene rings is 2. The van der Waals surface area contributed by atoms with Crippen molar-refractivity contribution in [1.29, 1.82) is 0 Å². The fourth-order valence-electron chi connectivity index (χ4n) is 2.44. The maximum atomic E-state index is 5.95. The fourth-order valence-corrected chi connectivity index (χ4v) is 3.01. The van der Waals surface area contributed by atoms with Crippen molar-refractivity contribution in [2.45, 2.75) is 20.5 Å². The largest absolute Gasteiger partial charge is 0.493 e. The molecule has 2 aromatic carbocycles. The van der Waals surface area contributed by atoms with Gasteiger partial charge in [-0.2, -0.15) is 5.10 Å². The second kappa shape index (κ2) is 8.14. The van der Waals surface area contributed by atoms with Crippen LogP contribution in [0.3, 0.4) is 0 Å². The van der Waals surface area contributed by atoms with Gasteiger partial charge in [0.15, 0.2) is 23.1 Å². The van der Waals surface area contributed by atoms with Crippen LogP contribution in [-0.4, -0.2) is 28.2 Å². The van der Waals surface area contributed by atoms with Crippen LogP contribution in [0.5, 0.6) is 11.5 Å². The Labute approximate surface area is 160 Å². The Bertz CT molecular complexity index is 903. The van der Waals surface area contributed by atoms with Crippen LogP contribution in [0.2, 0.25) is 0 Å². The first-order valence-electron chi connectivity index (χ1n) is 8.05. The summed E-state index contributed by atoms with van der Waals surface area (Å²) in [5.41, 5.74) is 1.96. The molecule has 0 bridgehead atoms. The van der Waals surface area contributed by atoms with Crippen molar-refractivity contribution >= 4 is 22.1 Å². The minimum atomic E-state index is 0.461. The van der Waals surface area contributed by atoms with Crippen LogP contribution in [0, 0.1) is 13.8 Å². The van der Waals surface area contributed by atoms with Crippen molar-refractivity contribution in [2.75, 3.05) is 7.11 Å². The molecule has 3 rings (SSSR count). The van der Waals surface area contributed by atoms with E-state index in [4.69, 9.17) is 9.47 Å². The smallest absolute Gasteiger partial charge is 0.175 e. The van der Waals surface area contributed by atoms with E-state index in [9.17, 15) is 0 Å². The summed E-state index contributed by atoms with van der Waals surface area (Å²) >= 11 is 3.56. The van der Waals surface area contributed by atoms with E-state index in [0.717, 1.165) is 27.2 Å². The highest BCUT2D eigenvalue weighted by molar-refractivity contribution is 9.10. The molecule has 0 fully saturated rings. The molecule has 0 unspecified atom stereocenters. The lowest BCUT2D eigenvalue weighted by molar-refractivity contribution is 0.282. The van der Waals surface area contributed by atoms with E-state index in [-0.39, 0.29) is 0 Å². The van der Waals surface area contributed by atoms with Crippen molar-refractivity contribution < 1.29 is 9.47 Å². The number of hydrogen-bond donors (Lipinski definition) is 0. The van der Waals surface area contributed by atoms with Crippen LogP contribution in [0.4, 0.5) is 0 Å². The zero-order chi connectivity index (χ0) is 18.5. The number of halogens is 1. The van der Waals surface area contributed by atoms with Gasteiger partial charge < -0.3 is 9.47 Å². The van der Waals surface area contributed by atoms with Crippen molar-refractivity contribution in [3.63, 3.8) is 0 Å². The van der Waals surface area contributed by atoms with Gasteiger partial charge in [0.1, 0.15) is 6.61 Å². The van der Waals surface area contributed by atoms with Gasteiger partial charge in [-0.25, -0.2) is 4.68 Å². The van der Waals surface area contributed by atoms with Gasteiger partial charge in [0, 0.05) is 0 Å². The van der Waals surface area contributed by atoms with Crippen LogP contribution < -0.4 is 9.47 Å². The number of methoxy groups -OCH3 is 1. The van der Waals surface area contributed by atoms with E-state index >= 15 is 0 Å². The molecular formula is C19H19BrN4O2. The van der Waals surface area contributed by atoms with Crippen LogP contribution in [0.15, 0.2) is 52.0 Å². The molecule has 0 aliphatic heterocycles. The summed E-state index contributed by atoms with van der Waals surface area (Å²) in [4.78, 5) is 0. The summed E-state index contributed by atoms with van der Waals surface area (Å²) in [5.74, 6) is 2.75. The monoisotopic (exact) mass is 414 g/mol. The van der Waals surface area contributed by atoms with Gasteiger partial charge in [0.2, 0.25) is 0 Å². The first-order valence-corrected chi connectivity index (χ1v) is 8.85. The van der Waals surface area contributed by atoms with Gasteiger partial charge in [-0.1, -0.05) is 30.3 Å². The molecule has 26 heavy (non-hydrogen) atoms. The molecule has 0 saturated carbocycles. The van der Waals surface area contributed by atoms with Gasteiger partial charge in [-0.05, 0) is 53.0 Å². The molecule has 0 saturated heterocycles. The first kappa shape index (κ1) is 18.1. The van der Waals surface area contributed by atoms with Crippen LogP contribution in [0.25, 0.3) is 0 Å². The molecule has 1 heterocycles. The van der Waals surface area contributed by atoms with Crippen LogP contribution in [0.1, 0.15) is 22.8 Å². The van der Waals surface area contributed by atoms with E-state index in [1.165, 1.54) is 0 Å². The van der Waals surface area contributed by atoms with Gasteiger partial charge in [-0.3, -0.25) is 0 Å². The lowest BCUT2D eigenvalue weighted by atomic mass is 10.2. The Morgan fingerprint density at radius 1 is 1.12 bits per heavy atom. The van der Waals surface area contributed by atoms with E-state index in [1.807, 2.05) is 56.3 Å². The zero-order valence-corrected chi connectivity index (χ0v) is 16.4. The Balaban J connectivity index is 1.83. The number of hydrogen-bond acceptors (Lipinski definition) is 5. The third-order valence-electron chi connectivity index (χ3n) is 3.75. The van der Waals surface area contributed by atoms with Crippen LogP contribution in [-0.2, 0) is 6.61 Å². The predicted octanol–water partition coefficient (Wildman–Crippen LogP) is 4.13. The Morgan fingerprint density at radius 3 is 2.46 bits per heavy atom. The molecule has 0 spiro atoms. The normalized spacial score (nSPS) is 11.1. The predicted molar refractivity (Wildman–Crippen MR) is 104 cm³/mol. The average Bonchev–Trinajstić information content (AvgIpc) is 2.97. The molecule has 0 aliphatic carbocycles. The quantitative estimate of drug-likeness (QED) is 0.568. The van der Waals surface area contributed by atoms with Gasteiger partial charge in [0.05, 0.1) is 17.8 Å². The number of aromatic nitrogens is 3. The number of rotatable bonds is 6. The zero-order valence-electron chi connectivity index (χ0n) is 14.8. The summed E-state index contributed by atoms with van der Waals surface area (Å²) in [6, 6.07) is 13.8. The van der Waals surface area contributed by atoms with Crippen LogP contribution >= 0.6 is 15.9 Å². The maximum absolute atomic E-state index is 5.95. The second-order valence-electron chi connectivity index (χ2n) is 5.66. The first-order chi connectivity index (χ1) is 12.6. The summed E-state index contributed by atoms with van der Waals surface area (Å²) < 4.78 is 13.9. The highest BCUT2D eigenvalue weighted by atomic mass is 79.9. The lowest BCUT2D eigenvalue weighted by Crippen LogP contribution is -2.00. The highest BCUT2D eigenvalue weighted by Gasteiger charge is 2.12. The molecule has 0 amide bonds. The summed E-state index contributed by atoms with van der Waals surface area (Å²) in [6.45, 7) is 4.17. The highest BCUT2D eigenvalue weighted by Crippen LogP contribution is 2.36. The third-order valence-corrected chi connectivity index (χ3v) is 4.34. The molecule has 0 atom stereocenters. The summed E-state index contributed by atoms with van der Waals surface area (Å²) in [7, 11) is 1.62. The van der Waals surface area contributed by atoms with E-state index in [2.05, 4.69) is 31.2 Å². The number of nitrogens with zero attached hydrogens (tertiary/aromatic N) is 4. The molecule has 6 nitrogen and oxygen atoms in total. The van der Waals surface area contributed by atoms with Crippen molar-refractivity contribution in [3.8, 4) is 11.5 Å². The van der Waals surface area contributed by atoms with Gasteiger partial charge >= 0.3 is 0 Å². The molecule has 0 radical (unpaired) electrons. The maximum Gasteiger partial charge on any atom is 0.175 e. The topological polar surface area (TPSA) is 61.5 Å². The minimum Gasteiger partial charge on any atom is -0.493 e. The number of aryl methyl sites for hydroxylation is 2. The van der Waals surface area contributed by atoms with Crippen molar-refractivity contribution in [2.24, 2.45) is 5.10 Å². The fraction of sp³-hybridized carbons (Fsp3) is 0.211. The minimum absolute atomic E-state index is 0.461. The van der Waals surface area contributed by atoms with Gasteiger partial charge in [0.25, 0.3) is 0 Å². The Hall–Kier alpha value is -2.67. The average molecular weight is 415 g/mol. The third kappa shape index (κ3) is 4.11. The Morgan fingerprint density at radius 2 is 1.81 bits per heavy atom. The molecule has 134 valence electrons. The molecule has 3 aromatic rings. The summed E-state index contributed by atoms with van der Waals surface area (Å²) in [5, 5.41) is 12.4. The van der Waals surface area contributed by atoms with Crippen molar-refractivity contribution in [3.05, 3.63) is 69.7 Å². The number of ether oxygens (including phenoxy) is 2. The molecular weight excluding hydrogens is 396 g/mol. The van der Waals surface area contributed by atoms with E-state index in [1.54, 1.807) is 18.0 Å². The van der Waals surface area contributed by atoms with E-state index < -0.39 is 0 Å². The van der Waals surface area contributed by atoms with Gasteiger partial charge in [-0.15, -0.1) is 10.2 Å². The summed E-state index contributed by atoms with van der Waals surface area (Å²) in [6.07, 6.45) is 1.73. The molecule has 0 N–H and O–H groups in total. The second-order valence-corrected chi connectivity index (χ2v) is 6.51. The molecule has 7 heteroatoms. The Kier molecular flexibility index (Phi) is 5.68.